The van der Waals surface area contributed by atoms with Gasteiger partial charge in [0, 0.05) is 12.1 Å². The van der Waals surface area contributed by atoms with E-state index in [0.717, 1.165) is 38.5 Å². The average molecular weight is 445 g/mol. The smallest absolute Gasteiger partial charge is 0.320 e. The Kier molecular flexibility index (Phi) is 5.88. The van der Waals surface area contributed by atoms with Gasteiger partial charge >= 0.3 is 5.97 Å². The van der Waals surface area contributed by atoms with Crippen molar-refractivity contribution in [3.8, 4) is 5.75 Å². The van der Waals surface area contributed by atoms with E-state index >= 15 is 0 Å². The van der Waals surface area contributed by atoms with Crippen LogP contribution in [0.1, 0.15) is 35.0 Å². The first-order valence-electron chi connectivity index (χ1n) is 10.8. The molecular formula is C26H24N2O3S. The van der Waals surface area contributed by atoms with E-state index in [9.17, 15) is 9.90 Å². The summed E-state index contributed by atoms with van der Waals surface area (Å²) >= 11 is 1.62. The predicted octanol–water partition coefficient (Wildman–Crippen LogP) is 5.51. The maximum atomic E-state index is 12.1. The molecule has 32 heavy (non-hydrogen) atoms. The number of hydrogen-bond donors (Lipinski definition) is 1. The normalized spacial score (nSPS) is 17.4. The summed E-state index contributed by atoms with van der Waals surface area (Å²) in [6, 6.07) is 25.2. The van der Waals surface area contributed by atoms with Crippen LogP contribution in [0, 0.1) is 0 Å². The molecule has 0 spiro atoms. The minimum Gasteiger partial charge on any atom is -0.489 e. The Morgan fingerprint density at radius 1 is 1.06 bits per heavy atom. The second-order valence-corrected chi connectivity index (χ2v) is 9.03. The first kappa shape index (κ1) is 20.7. The Bertz CT molecular complexity index is 1190. The molecular weight excluding hydrogens is 420 g/mol. The second-order valence-electron chi connectivity index (χ2n) is 7.97. The number of aliphatic carboxylic acids is 1. The number of carboxylic acids is 1. The number of rotatable bonds is 7. The van der Waals surface area contributed by atoms with E-state index in [1.54, 1.807) is 11.3 Å². The van der Waals surface area contributed by atoms with Crippen molar-refractivity contribution in [1.82, 2.24) is 9.88 Å². The molecule has 1 aliphatic rings. The quantitative estimate of drug-likeness (QED) is 0.407. The lowest BCUT2D eigenvalue weighted by Crippen LogP contribution is -2.39. The minimum atomic E-state index is -0.781. The van der Waals surface area contributed by atoms with Gasteiger partial charge in [-0.05, 0) is 36.6 Å². The van der Waals surface area contributed by atoms with Crippen LogP contribution < -0.4 is 4.74 Å². The first-order valence-corrected chi connectivity index (χ1v) is 11.6. The van der Waals surface area contributed by atoms with Crippen molar-refractivity contribution in [2.75, 3.05) is 6.54 Å². The molecule has 5 nitrogen and oxygen atoms in total. The molecule has 0 amide bonds. The number of thiazole rings is 1. The van der Waals surface area contributed by atoms with Crippen molar-refractivity contribution in [2.24, 2.45) is 0 Å². The van der Waals surface area contributed by atoms with Crippen molar-refractivity contribution in [2.45, 2.75) is 31.5 Å². The van der Waals surface area contributed by atoms with Crippen LogP contribution in [0.4, 0.5) is 0 Å². The molecule has 0 aliphatic carbocycles. The number of nitrogens with zero attached hydrogens (tertiary/aromatic N) is 2. The highest BCUT2D eigenvalue weighted by Crippen LogP contribution is 2.41. The number of para-hydroxylation sites is 2. The number of likely N-dealkylation sites (tertiary alicyclic amines) is 1. The summed E-state index contributed by atoms with van der Waals surface area (Å²) in [7, 11) is 0. The van der Waals surface area contributed by atoms with Crippen LogP contribution >= 0.6 is 11.3 Å². The topological polar surface area (TPSA) is 62.7 Å². The lowest BCUT2D eigenvalue weighted by Gasteiger charge is -2.31. The van der Waals surface area contributed by atoms with Gasteiger partial charge in [-0.3, -0.25) is 9.69 Å². The third-order valence-corrected chi connectivity index (χ3v) is 6.99. The molecule has 4 aromatic rings. The lowest BCUT2D eigenvalue weighted by molar-refractivity contribution is -0.142. The van der Waals surface area contributed by atoms with Gasteiger partial charge in [0.2, 0.25) is 0 Å². The van der Waals surface area contributed by atoms with Gasteiger partial charge in [0.05, 0.1) is 16.3 Å². The molecule has 5 rings (SSSR count). The zero-order chi connectivity index (χ0) is 21.9. The summed E-state index contributed by atoms with van der Waals surface area (Å²) in [6.45, 7) is 1.16. The standard InChI is InChI=1S/C26H24N2O3S/c29-26(30)21-13-8-16-28(21)24(25-27-20-12-5-7-15-23(20)32-25)19-11-4-6-14-22(19)31-17-18-9-2-1-3-10-18/h1-7,9-12,14-15,21,24H,8,13,16-17H2,(H,29,30). The van der Waals surface area contributed by atoms with Crippen LogP contribution in [0.25, 0.3) is 10.2 Å². The summed E-state index contributed by atoms with van der Waals surface area (Å²) in [6.07, 6.45) is 1.50. The number of benzene rings is 3. The van der Waals surface area contributed by atoms with E-state index in [4.69, 9.17) is 9.72 Å². The van der Waals surface area contributed by atoms with Gasteiger partial charge in [-0.15, -0.1) is 11.3 Å². The zero-order valence-corrected chi connectivity index (χ0v) is 18.4. The fourth-order valence-corrected chi connectivity index (χ4v) is 5.51. The van der Waals surface area contributed by atoms with E-state index < -0.39 is 12.0 Å². The Balaban J connectivity index is 1.57. The highest BCUT2D eigenvalue weighted by Gasteiger charge is 2.39. The van der Waals surface area contributed by atoms with Crippen molar-refractivity contribution >= 4 is 27.5 Å². The van der Waals surface area contributed by atoms with Gasteiger partial charge < -0.3 is 9.84 Å². The van der Waals surface area contributed by atoms with Gasteiger partial charge in [0.15, 0.2) is 0 Å². The molecule has 2 unspecified atom stereocenters. The third kappa shape index (κ3) is 4.11. The van der Waals surface area contributed by atoms with E-state index in [-0.39, 0.29) is 6.04 Å². The Hall–Kier alpha value is -3.22. The van der Waals surface area contributed by atoms with Gasteiger partial charge in [-0.2, -0.15) is 0 Å². The maximum absolute atomic E-state index is 12.1. The summed E-state index contributed by atoms with van der Waals surface area (Å²) in [5.41, 5.74) is 2.98. The summed E-state index contributed by atoms with van der Waals surface area (Å²) in [5.74, 6) is -0.0204. The molecule has 0 bridgehead atoms. The Labute approximate surface area is 190 Å². The van der Waals surface area contributed by atoms with Crippen LogP contribution in [0.15, 0.2) is 78.9 Å². The predicted molar refractivity (Wildman–Crippen MR) is 126 cm³/mol. The average Bonchev–Trinajstić information content (AvgIpc) is 3.47. The molecule has 1 aliphatic heterocycles. The third-order valence-electron chi connectivity index (χ3n) is 5.91. The highest BCUT2D eigenvalue weighted by atomic mass is 32.1. The summed E-state index contributed by atoms with van der Waals surface area (Å²) in [5, 5.41) is 10.8. The minimum absolute atomic E-state index is 0.275. The van der Waals surface area contributed by atoms with Crippen molar-refractivity contribution < 1.29 is 14.6 Å². The van der Waals surface area contributed by atoms with Gasteiger partial charge in [0.25, 0.3) is 0 Å². The largest absolute Gasteiger partial charge is 0.489 e. The van der Waals surface area contributed by atoms with E-state index in [1.807, 2.05) is 72.8 Å². The van der Waals surface area contributed by atoms with Crippen molar-refractivity contribution in [1.29, 1.82) is 0 Å². The molecule has 162 valence electrons. The molecule has 1 N–H and O–H groups in total. The number of carboxylic acid groups (broad SMARTS) is 1. The van der Waals surface area contributed by atoms with Crippen LogP contribution in [-0.4, -0.2) is 33.5 Å². The van der Waals surface area contributed by atoms with Crippen LogP contribution in [0.3, 0.4) is 0 Å². The van der Waals surface area contributed by atoms with Crippen LogP contribution in [-0.2, 0) is 11.4 Å². The second kappa shape index (κ2) is 9.10. The first-order chi connectivity index (χ1) is 15.7. The molecule has 0 radical (unpaired) electrons. The fourth-order valence-electron chi connectivity index (χ4n) is 4.40. The highest BCUT2D eigenvalue weighted by molar-refractivity contribution is 7.18. The van der Waals surface area contributed by atoms with E-state index in [1.165, 1.54) is 0 Å². The number of aromatic nitrogens is 1. The van der Waals surface area contributed by atoms with Crippen LogP contribution in [0.2, 0.25) is 0 Å². The van der Waals surface area contributed by atoms with E-state index in [2.05, 4.69) is 11.0 Å². The molecule has 6 heteroatoms. The maximum Gasteiger partial charge on any atom is 0.320 e. The number of fused-ring (bicyclic) bond motifs is 1. The Morgan fingerprint density at radius 3 is 2.62 bits per heavy atom. The van der Waals surface area contributed by atoms with Gasteiger partial charge in [-0.1, -0.05) is 60.7 Å². The Morgan fingerprint density at radius 2 is 1.81 bits per heavy atom. The SMILES string of the molecule is O=C(O)C1CCCN1C(c1nc2ccccc2s1)c1ccccc1OCc1ccccc1. The molecule has 1 aromatic heterocycles. The molecule has 2 atom stereocenters. The number of hydrogen-bond acceptors (Lipinski definition) is 5. The fraction of sp³-hybridized carbons (Fsp3) is 0.231. The zero-order valence-electron chi connectivity index (χ0n) is 17.6. The van der Waals surface area contributed by atoms with Crippen LogP contribution in [0.5, 0.6) is 5.75 Å². The molecule has 3 aromatic carbocycles. The van der Waals surface area contributed by atoms with Gasteiger partial charge in [0.1, 0.15) is 23.4 Å². The van der Waals surface area contributed by atoms with Gasteiger partial charge in [-0.25, -0.2) is 4.98 Å². The molecule has 1 saturated heterocycles. The van der Waals surface area contributed by atoms with Crippen molar-refractivity contribution in [3.05, 3.63) is 95.0 Å². The summed E-state index contributed by atoms with van der Waals surface area (Å²) < 4.78 is 7.36. The molecule has 2 heterocycles. The summed E-state index contributed by atoms with van der Waals surface area (Å²) in [4.78, 5) is 19.0. The number of carbonyl (C=O) groups is 1. The van der Waals surface area contributed by atoms with Crippen molar-refractivity contribution in [3.63, 3.8) is 0 Å². The lowest BCUT2D eigenvalue weighted by atomic mass is 10.0. The monoisotopic (exact) mass is 444 g/mol. The molecule has 0 saturated carbocycles. The van der Waals surface area contributed by atoms with E-state index in [0.29, 0.717) is 19.6 Å². The number of ether oxygens (including phenoxy) is 1. The molecule has 1 fully saturated rings.